The molecule has 0 radical (unpaired) electrons. The Balaban J connectivity index is 2.40. The Labute approximate surface area is 90.3 Å². The number of pyridine rings is 1. The van der Waals surface area contributed by atoms with Crippen molar-refractivity contribution in [3.05, 3.63) is 24.1 Å². The molecule has 84 valence electrons. The second kappa shape index (κ2) is 5.66. The number of hydrogen-bond acceptors (Lipinski definition) is 3. The van der Waals surface area contributed by atoms with Gasteiger partial charge in [0.1, 0.15) is 5.82 Å². The summed E-state index contributed by atoms with van der Waals surface area (Å²) < 4.78 is 12.8. The van der Waals surface area contributed by atoms with Crippen molar-refractivity contribution in [1.29, 1.82) is 0 Å². The molecule has 1 rings (SSSR count). The van der Waals surface area contributed by atoms with Crippen LogP contribution in [0.5, 0.6) is 0 Å². The van der Waals surface area contributed by atoms with Gasteiger partial charge < -0.3 is 10.2 Å². The molecule has 0 fully saturated rings. The van der Waals surface area contributed by atoms with Crippen LogP contribution in [0.25, 0.3) is 0 Å². The minimum Gasteiger partial charge on any atom is -0.367 e. The summed E-state index contributed by atoms with van der Waals surface area (Å²) in [6.45, 7) is 3.07. The summed E-state index contributed by atoms with van der Waals surface area (Å²) in [4.78, 5) is 5.87. The van der Waals surface area contributed by atoms with E-state index in [0.29, 0.717) is 11.9 Å². The van der Waals surface area contributed by atoms with Gasteiger partial charge in [0.15, 0.2) is 0 Å². The van der Waals surface area contributed by atoms with E-state index in [1.54, 1.807) is 12.1 Å². The van der Waals surface area contributed by atoms with Crippen LogP contribution in [0.4, 0.5) is 10.2 Å². The molecular weight excluding hydrogens is 193 g/mol. The molecule has 0 saturated heterocycles. The van der Waals surface area contributed by atoms with E-state index in [4.69, 9.17) is 0 Å². The summed E-state index contributed by atoms with van der Waals surface area (Å²) in [6.07, 6.45) is 1.01. The summed E-state index contributed by atoms with van der Waals surface area (Å²) in [7, 11) is 4.07. The molecular formula is C11H18FN3. The molecule has 0 bridgehead atoms. The van der Waals surface area contributed by atoms with Gasteiger partial charge in [0.2, 0.25) is 5.95 Å². The molecule has 0 spiro atoms. The van der Waals surface area contributed by atoms with Crippen molar-refractivity contribution in [2.75, 3.05) is 26.0 Å². The number of anilines is 1. The second-order valence-corrected chi connectivity index (χ2v) is 3.98. The Hall–Kier alpha value is -1.16. The maximum atomic E-state index is 12.8. The number of nitrogens with one attached hydrogen (secondary N) is 1. The lowest BCUT2D eigenvalue weighted by Crippen LogP contribution is -2.23. The molecule has 0 aliphatic heterocycles. The normalized spacial score (nSPS) is 12.9. The smallest absolute Gasteiger partial charge is 0.214 e. The highest BCUT2D eigenvalue weighted by atomic mass is 19.1. The van der Waals surface area contributed by atoms with Crippen molar-refractivity contribution in [3.8, 4) is 0 Å². The number of aromatic nitrogens is 1. The summed E-state index contributed by atoms with van der Waals surface area (Å²) in [5, 5.41) is 3.16. The van der Waals surface area contributed by atoms with Gasteiger partial charge in [0, 0.05) is 6.04 Å². The summed E-state index contributed by atoms with van der Waals surface area (Å²) in [5.41, 5.74) is 0. The van der Waals surface area contributed by atoms with Gasteiger partial charge in [0.25, 0.3) is 0 Å². The van der Waals surface area contributed by atoms with Gasteiger partial charge in [-0.2, -0.15) is 4.39 Å². The fraction of sp³-hybridized carbons (Fsp3) is 0.545. The van der Waals surface area contributed by atoms with Crippen molar-refractivity contribution in [2.24, 2.45) is 0 Å². The van der Waals surface area contributed by atoms with Crippen LogP contribution in [0.15, 0.2) is 18.2 Å². The van der Waals surface area contributed by atoms with Crippen LogP contribution in [0.1, 0.15) is 13.3 Å². The first kappa shape index (κ1) is 11.9. The molecule has 1 aromatic rings. The lowest BCUT2D eigenvalue weighted by Gasteiger charge is -2.17. The van der Waals surface area contributed by atoms with Gasteiger partial charge in [-0.05, 0) is 46.1 Å². The molecule has 1 aromatic heterocycles. The van der Waals surface area contributed by atoms with Crippen LogP contribution < -0.4 is 5.32 Å². The predicted octanol–water partition coefficient (Wildman–Crippen LogP) is 1.97. The maximum Gasteiger partial charge on any atom is 0.214 e. The molecule has 0 aromatic carbocycles. The third-order valence-electron chi connectivity index (χ3n) is 2.12. The van der Waals surface area contributed by atoms with Gasteiger partial charge in [-0.15, -0.1) is 0 Å². The Morgan fingerprint density at radius 1 is 1.47 bits per heavy atom. The molecule has 1 N–H and O–H groups in total. The third-order valence-corrected chi connectivity index (χ3v) is 2.12. The zero-order valence-corrected chi connectivity index (χ0v) is 9.50. The lowest BCUT2D eigenvalue weighted by atomic mass is 10.2. The summed E-state index contributed by atoms with van der Waals surface area (Å²) in [5.74, 6) is 0.154. The first-order chi connectivity index (χ1) is 7.08. The zero-order valence-electron chi connectivity index (χ0n) is 9.50. The van der Waals surface area contributed by atoms with E-state index >= 15 is 0 Å². The minimum atomic E-state index is -0.445. The molecule has 15 heavy (non-hydrogen) atoms. The molecule has 0 aliphatic carbocycles. The van der Waals surface area contributed by atoms with Gasteiger partial charge >= 0.3 is 0 Å². The molecule has 0 aliphatic rings. The number of rotatable bonds is 5. The van der Waals surface area contributed by atoms with Crippen molar-refractivity contribution in [2.45, 2.75) is 19.4 Å². The van der Waals surface area contributed by atoms with Gasteiger partial charge in [0.05, 0.1) is 0 Å². The number of nitrogens with zero attached hydrogens (tertiary/aromatic N) is 2. The lowest BCUT2D eigenvalue weighted by molar-refractivity contribution is 0.390. The first-order valence-electron chi connectivity index (χ1n) is 5.12. The SMILES string of the molecule is CC(CCN(C)C)Nc1cccc(F)n1. The average Bonchev–Trinajstić information content (AvgIpc) is 2.15. The highest BCUT2D eigenvalue weighted by Gasteiger charge is 2.03. The highest BCUT2D eigenvalue weighted by molar-refractivity contribution is 5.34. The fourth-order valence-electron chi connectivity index (χ4n) is 1.27. The molecule has 0 amide bonds. The van der Waals surface area contributed by atoms with Crippen LogP contribution in [-0.4, -0.2) is 36.6 Å². The summed E-state index contributed by atoms with van der Waals surface area (Å²) in [6, 6.07) is 5.07. The quantitative estimate of drug-likeness (QED) is 0.755. The van der Waals surface area contributed by atoms with Crippen LogP contribution >= 0.6 is 0 Å². The van der Waals surface area contributed by atoms with Crippen LogP contribution in [-0.2, 0) is 0 Å². The zero-order chi connectivity index (χ0) is 11.3. The van der Waals surface area contributed by atoms with E-state index in [2.05, 4.69) is 22.1 Å². The molecule has 3 nitrogen and oxygen atoms in total. The second-order valence-electron chi connectivity index (χ2n) is 3.98. The number of halogens is 1. The van der Waals surface area contributed by atoms with Crippen LogP contribution in [0, 0.1) is 5.95 Å². The monoisotopic (exact) mass is 211 g/mol. The van der Waals surface area contributed by atoms with E-state index in [-0.39, 0.29) is 0 Å². The molecule has 0 saturated carbocycles. The maximum absolute atomic E-state index is 12.8. The molecule has 1 unspecified atom stereocenters. The van der Waals surface area contributed by atoms with Gasteiger partial charge in [-0.1, -0.05) is 6.07 Å². The predicted molar refractivity (Wildman–Crippen MR) is 60.5 cm³/mol. The Morgan fingerprint density at radius 3 is 2.80 bits per heavy atom. The van der Waals surface area contributed by atoms with E-state index in [1.807, 2.05) is 14.1 Å². The number of hydrogen-bond donors (Lipinski definition) is 1. The Bertz CT molecular complexity index is 302. The van der Waals surface area contributed by atoms with Gasteiger partial charge in [-0.3, -0.25) is 0 Å². The van der Waals surface area contributed by atoms with E-state index in [0.717, 1.165) is 13.0 Å². The van der Waals surface area contributed by atoms with Crippen molar-refractivity contribution < 1.29 is 4.39 Å². The first-order valence-corrected chi connectivity index (χ1v) is 5.12. The highest BCUT2D eigenvalue weighted by Crippen LogP contribution is 2.07. The standard InChI is InChI=1S/C11H18FN3/c1-9(7-8-15(2)3)13-11-6-4-5-10(12)14-11/h4-6,9H,7-8H2,1-3H3,(H,13,14). The van der Waals surface area contributed by atoms with Crippen LogP contribution in [0.3, 0.4) is 0 Å². The fourth-order valence-corrected chi connectivity index (χ4v) is 1.27. The van der Waals surface area contributed by atoms with Crippen molar-refractivity contribution in [1.82, 2.24) is 9.88 Å². The summed E-state index contributed by atoms with van der Waals surface area (Å²) >= 11 is 0. The average molecular weight is 211 g/mol. The van der Waals surface area contributed by atoms with E-state index in [1.165, 1.54) is 6.07 Å². The van der Waals surface area contributed by atoms with Gasteiger partial charge in [-0.25, -0.2) is 4.98 Å². The van der Waals surface area contributed by atoms with Crippen molar-refractivity contribution >= 4 is 5.82 Å². The third kappa shape index (κ3) is 4.74. The topological polar surface area (TPSA) is 28.2 Å². The Kier molecular flexibility index (Phi) is 4.49. The molecule has 1 heterocycles. The molecule has 4 heteroatoms. The Morgan fingerprint density at radius 2 is 2.20 bits per heavy atom. The van der Waals surface area contributed by atoms with Crippen LogP contribution in [0.2, 0.25) is 0 Å². The minimum absolute atomic E-state index is 0.293. The molecule has 1 atom stereocenters. The van der Waals surface area contributed by atoms with E-state index < -0.39 is 5.95 Å². The van der Waals surface area contributed by atoms with E-state index in [9.17, 15) is 4.39 Å². The largest absolute Gasteiger partial charge is 0.367 e. The van der Waals surface area contributed by atoms with Crippen molar-refractivity contribution in [3.63, 3.8) is 0 Å².